The number of hydrogen-bond donors (Lipinski definition) is 2. The van der Waals surface area contributed by atoms with Crippen molar-refractivity contribution in [1.82, 2.24) is 0 Å². The standard InChI is InChI=1S/C28H36N2O5Si/c1-7-15-30-24-13-8-20(29-19(3)32)17-23(24)28(27(30)33)18(2)26(25(35-28)14-16-31)36(5,6)22-11-9-21(34-4)10-12-22/h7-13,17-18,25-26,31H,1,14-16H2,2-6H3,(H,29,32)/t18-,25+,26-,28+/m0/s1. The van der Waals surface area contributed by atoms with Gasteiger partial charge in [-0.25, -0.2) is 0 Å². The van der Waals surface area contributed by atoms with Crippen molar-refractivity contribution in [2.24, 2.45) is 5.92 Å². The second kappa shape index (κ2) is 9.84. The number of aliphatic hydroxyl groups excluding tert-OH is 1. The van der Waals surface area contributed by atoms with Crippen LogP contribution in [-0.4, -0.2) is 51.4 Å². The van der Waals surface area contributed by atoms with Crippen LogP contribution in [0.4, 0.5) is 11.4 Å². The summed E-state index contributed by atoms with van der Waals surface area (Å²) in [4.78, 5) is 27.7. The molecule has 0 aromatic heterocycles. The Labute approximate surface area is 214 Å². The normalized spacial score (nSPS) is 25.2. The molecule has 2 aliphatic heterocycles. The van der Waals surface area contributed by atoms with Gasteiger partial charge in [0.1, 0.15) is 5.75 Å². The number of anilines is 2. The summed E-state index contributed by atoms with van der Waals surface area (Å²) < 4.78 is 12.2. The molecule has 4 rings (SSSR count). The molecule has 8 heteroatoms. The van der Waals surface area contributed by atoms with E-state index in [-0.39, 0.29) is 36.0 Å². The molecule has 2 N–H and O–H groups in total. The Balaban J connectivity index is 1.86. The van der Waals surface area contributed by atoms with Crippen molar-refractivity contribution in [2.75, 3.05) is 30.5 Å². The minimum absolute atomic E-state index is 0.0274. The van der Waals surface area contributed by atoms with Gasteiger partial charge in [0.15, 0.2) is 5.60 Å². The van der Waals surface area contributed by atoms with Crippen molar-refractivity contribution in [1.29, 1.82) is 0 Å². The van der Waals surface area contributed by atoms with Crippen LogP contribution in [0.3, 0.4) is 0 Å². The molecule has 2 heterocycles. The first-order chi connectivity index (χ1) is 17.1. The van der Waals surface area contributed by atoms with Crippen LogP contribution in [0, 0.1) is 5.92 Å². The van der Waals surface area contributed by atoms with E-state index >= 15 is 0 Å². The van der Waals surface area contributed by atoms with Gasteiger partial charge in [0.2, 0.25) is 5.91 Å². The van der Waals surface area contributed by atoms with Crippen molar-refractivity contribution in [3.8, 4) is 5.75 Å². The maximum atomic E-state index is 14.2. The molecule has 192 valence electrons. The highest BCUT2D eigenvalue weighted by molar-refractivity contribution is 6.91. The molecule has 0 unspecified atom stereocenters. The first kappa shape index (κ1) is 26.1. The van der Waals surface area contributed by atoms with Gasteiger partial charge in [0.25, 0.3) is 5.91 Å². The average molecular weight is 509 g/mol. The molecule has 1 spiro atoms. The molecule has 2 amide bonds. The minimum atomic E-state index is -2.22. The number of fused-ring (bicyclic) bond motifs is 2. The SMILES string of the molecule is C=CCN1C(=O)[C@]2(O[C@H](CCO)[C@@H]([Si](C)(C)c3ccc(OC)cc3)[C@@H]2C)c2cc(NC(C)=O)ccc21. The quantitative estimate of drug-likeness (QED) is 0.419. The summed E-state index contributed by atoms with van der Waals surface area (Å²) in [7, 11) is -0.571. The van der Waals surface area contributed by atoms with Gasteiger partial charge in [-0.2, -0.15) is 0 Å². The number of nitrogens with zero attached hydrogens (tertiary/aromatic N) is 1. The fourth-order valence-electron chi connectivity index (χ4n) is 6.30. The molecule has 2 aromatic carbocycles. The van der Waals surface area contributed by atoms with Gasteiger partial charge in [-0.05, 0) is 42.3 Å². The first-order valence-electron chi connectivity index (χ1n) is 12.4. The van der Waals surface area contributed by atoms with Crippen LogP contribution < -0.4 is 20.1 Å². The lowest BCUT2D eigenvalue weighted by Gasteiger charge is -2.37. The summed E-state index contributed by atoms with van der Waals surface area (Å²) in [5.74, 6) is 0.343. The third kappa shape index (κ3) is 4.07. The van der Waals surface area contributed by atoms with Gasteiger partial charge in [-0.1, -0.05) is 43.4 Å². The first-order valence-corrected chi connectivity index (χ1v) is 15.5. The number of carbonyl (C=O) groups is 2. The van der Waals surface area contributed by atoms with E-state index in [9.17, 15) is 14.7 Å². The van der Waals surface area contributed by atoms with Gasteiger partial charge < -0.3 is 24.8 Å². The molecular weight excluding hydrogens is 472 g/mol. The van der Waals surface area contributed by atoms with Crippen LogP contribution in [0.1, 0.15) is 25.8 Å². The molecule has 0 aliphatic carbocycles. The third-order valence-corrected chi connectivity index (χ3v) is 12.2. The van der Waals surface area contributed by atoms with Crippen LogP contribution >= 0.6 is 0 Å². The number of carbonyl (C=O) groups excluding carboxylic acids is 2. The number of ether oxygens (including phenoxy) is 2. The van der Waals surface area contributed by atoms with Gasteiger partial charge in [0.05, 0.1) is 27.0 Å². The number of aliphatic hydroxyl groups is 1. The van der Waals surface area contributed by atoms with E-state index in [1.807, 2.05) is 24.3 Å². The lowest BCUT2D eigenvalue weighted by molar-refractivity contribution is -0.146. The van der Waals surface area contributed by atoms with Crippen molar-refractivity contribution in [2.45, 2.75) is 50.6 Å². The molecule has 7 nitrogen and oxygen atoms in total. The fourth-order valence-corrected chi connectivity index (χ4v) is 10.4. The van der Waals surface area contributed by atoms with E-state index in [1.54, 1.807) is 24.2 Å². The molecular formula is C28H36N2O5Si. The Kier molecular flexibility index (Phi) is 7.14. The number of rotatable bonds is 8. The molecule has 1 fully saturated rings. The molecule has 0 bridgehead atoms. The number of amides is 2. The Hall–Kier alpha value is -2.94. The number of nitrogens with one attached hydrogen (secondary N) is 1. The van der Waals surface area contributed by atoms with E-state index in [4.69, 9.17) is 9.47 Å². The van der Waals surface area contributed by atoms with E-state index in [1.165, 1.54) is 12.1 Å². The highest BCUT2D eigenvalue weighted by Gasteiger charge is 2.66. The number of hydrogen-bond acceptors (Lipinski definition) is 5. The maximum absolute atomic E-state index is 14.2. The summed E-state index contributed by atoms with van der Waals surface area (Å²) in [6, 6.07) is 13.7. The van der Waals surface area contributed by atoms with Gasteiger partial charge >= 0.3 is 0 Å². The Morgan fingerprint density at radius 2 is 1.97 bits per heavy atom. The highest BCUT2D eigenvalue weighted by atomic mass is 28.3. The van der Waals surface area contributed by atoms with Gasteiger partial charge in [0, 0.05) is 37.2 Å². The predicted octanol–water partition coefficient (Wildman–Crippen LogP) is 3.78. The van der Waals surface area contributed by atoms with Gasteiger partial charge in [-0.15, -0.1) is 6.58 Å². The molecule has 1 saturated heterocycles. The second-order valence-corrected chi connectivity index (χ2v) is 15.0. The van der Waals surface area contributed by atoms with Crippen LogP contribution in [0.25, 0.3) is 0 Å². The predicted molar refractivity (Wildman–Crippen MR) is 145 cm³/mol. The van der Waals surface area contributed by atoms with Crippen molar-refractivity contribution >= 4 is 36.4 Å². The summed E-state index contributed by atoms with van der Waals surface area (Å²) in [6.07, 6.45) is 1.86. The third-order valence-electron chi connectivity index (χ3n) is 7.88. The lowest BCUT2D eigenvalue weighted by atomic mass is 9.82. The minimum Gasteiger partial charge on any atom is -0.497 e. The summed E-state index contributed by atoms with van der Waals surface area (Å²) in [6.45, 7) is 12.3. The van der Waals surface area contributed by atoms with Crippen LogP contribution in [0.2, 0.25) is 18.6 Å². The van der Waals surface area contributed by atoms with E-state index < -0.39 is 13.7 Å². The monoisotopic (exact) mass is 508 g/mol. The topological polar surface area (TPSA) is 88.1 Å². The molecule has 0 radical (unpaired) electrons. The van der Waals surface area contributed by atoms with Crippen molar-refractivity contribution < 1.29 is 24.2 Å². The van der Waals surface area contributed by atoms with Crippen molar-refractivity contribution in [3.63, 3.8) is 0 Å². The van der Waals surface area contributed by atoms with E-state index in [2.05, 4.69) is 44.0 Å². The number of benzene rings is 2. The fraction of sp³-hybridized carbons (Fsp3) is 0.429. The molecule has 4 atom stereocenters. The van der Waals surface area contributed by atoms with Gasteiger partial charge in [-0.3, -0.25) is 9.59 Å². The Morgan fingerprint density at radius 3 is 2.56 bits per heavy atom. The second-order valence-electron chi connectivity index (χ2n) is 10.3. The van der Waals surface area contributed by atoms with E-state index in [0.29, 0.717) is 18.7 Å². The Bertz CT molecular complexity index is 1170. The Morgan fingerprint density at radius 1 is 1.28 bits per heavy atom. The lowest BCUT2D eigenvalue weighted by Crippen LogP contribution is -2.51. The average Bonchev–Trinajstić information content (AvgIpc) is 3.26. The smallest absolute Gasteiger partial charge is 0.264 e. The van der Waals surface area contributed by atoms with Crippen LogP contribution in [-0.2, 0) is 19.9 Å². The zero-order valence-corrected chi connectivity index (χ0v) is 22.7. The van der Waals surface area contributed by atoms with Crippen LogP contribution in [0.15, 0.2) is 55.1 Å². The highest BCUT2D eigenvalue weighted by Crippen LogP contribution is 2.60. The maximum Gasteiger partial charge on any atom is 0.264 e. The zero-order chi connectivity index (χ0) is 26.3. The molecule has 0 saturated carbocycles. The zero-order valence-electron chi connectivity index (χ0n) is 21.7. The summed E-state index contributed by atoms with van der Waals surface area (Å²) in [5, 5.41) is 14.1. The van der Waals surface area contributed by atoms with E-state index in [0.717, 1.165) is 17.0 Å². The van der Waals surface area contributed by atoms with Crippen molar-refractivity contribution in [3.05, 3.63) is 60.7 Å². The molecule has 36 heavy (non-hydrogen) atoms. The summed E-state index contributed by atoms with van der Waals surface area (Å²) in [5.41, 5.74) is 1.02. The largest absolute Gasteiger partial charge is 0.497 e. The molecule has 2 aromatic rings. The summed E-state index contributed by atoms with van der Waals surface area (Å²) >= 11 is 0. The number of methoxy groups -OCH3 is 1. The van der Waals surface area contributed by atoms with Crippen LogP contribution in [0.5, 0.6) is 5.75 Å². The molecule has 2 aliphatic rings.